The Morgan fingerprint density at radius 2 is 1.81 bits per heavy atom. The van der Waals surface area contributed by atoms with Crippen LogP contribution in [-0.2, 0) is 19.8 Å². The topological polar surface area (TPSA) is 97.2 Å². The molecule has 0 aromatic carbocycles. The molecule has 3 amide bonds. The number of allylic oxidation sites excluding steroid dienone is 2. The molecule has 8 heteroatoms. The van der Waals surface area contributed by atoms with Gasteiger partial charge in [-0.05, 0) is 30.4 Å². The molecule has 1 saturated carbocycles. The SMILES string of the molecule is CC(C)(C)c1cc(NC(=O)CN2C(=O)C3C4C=CC(C4)C3C2=O)n(-c2ccccn2)n1. The molecule has 2 aromatic heterocycles. The molecule has 4 unspecified atom stereocenters. The number of nitrogens with zero attached hydrogens (tertiary/aromatic N) is 4. The van der Waals surface area contributed by atoms with Crippen molar-refractivity contribution in [3.8, 4) is 5.82 Å². The summed E-state index contributed by atoms with van der Waals surface area (Å²) in [6, 6.07) is 7.25. The number of hydrogen-bond acceptors (Lipinski definition) is 5. The third-order valence-corrected chi connectivity index (χ3v) is 6.47. The van der Waals surface area contributed by atoms with E-state index in [4.69, 9.17) is 0 Å². The van der Waals surface area contributed by atoms with Crippen molar-refractivity contribution < 1.29 is 14.4 Å². The molecule has 5 rings (SSSR count). The van der Waals surface area contributed by atoms with E-state index in [1.165, 1.54) is 0 Å². The molecule has 3 heterocycles. The van der Waals surface area contributed by atoms with E-state index < -0.39 is 5.91 Å². The molecule has 31 heavy (non-hydrogen) atoms. The minimum absolute atomic E-state index is 0.124. The van der Waals surface area contributed by atoms with Gasteiger partial charge in [-0.1, -0.05) is 39.0 Å². The van der Waals surface area contributed by atoms with Crippen molar-refractivity contribution in [2.75, 3.05) is 11.9 Å². The number of pyridine rings is 1. The first-order valence-electron chi connectivity index (χ1n) is 10.6. The Balaban J connectivity index is 1.37. The van der Waals surface area contributed by atoms with Gasteiger partial charge in [0.2, 0.25) is 17.7 Å². The van der Waals surface area contributed by atoms with Crippen LogP contribution in [0.3, 0.4) is 0 Å². The van der Waals surface area contributed by atoms with Gasteiger partial charge < -0.3 is 5.32 Å². The fourth-order valence-electron chi connectivity index (χ4n) is 4.94. The largest absolute Gasteiger partial charge is 0.309 e. The van der Waals surface area contributed by atoms with E-state index in [9.17, 15) is 14.4 Å². The summed E-state index contributed by atoms with van der Waals surface area (Å²) < 4.78 is 1.57. The smallest absolute Gasteiger partial charge is 0.245 e. The average molecular weight is 419 g/mol. The summed E-state index contributed by atoms with van der Waals surface area (Å²) in [4.78, 5) is 44.0. The number of carbonyl (C=O) groups excluding carboxylic acids is 3. The molecule has 2 bridgehead atoms. The molecule has 8 nitrogen and oxygen atoms in total. The van der Waals surface area contributed by atoms with E-state index in [1.807, 2.05) is 39.0 Å². The number of likely N-dealkylation sites (tertiary alicyclic amines) is 1. The zero-order valence-corrected chi connectivity index (χ0v) is 17.8. The van der Waals surface area contributed by atoms with Crippen molar-refractivity contribution in [1.82, 2.24) is 19.7 Å². The molecule has 0 spiro atoms. The Morgan fingerprint density at radius 1 is 1.13 bits per heavy atom. The Kier molecular flexibility index (Phi) is 4.35. The first kappa shape index (κ1) is 19.7. The van der Waals surface area contributed by atoms with Crippen LogP contribution in [0.4, 0.5) is 5.82 Å². The number of aromatic nitrogens is 3. The maximum absolute atomic E-state index is 12.9. The van der Waals surface area contributed by atoms with Gasteiger partial charge in [-0.25, -0.2) is 4.98 Å². The molecule has 1 N–H and O–H groups in total. The molecule has 2 fully saturated rings. The molecule has 2 aromatic rings. The second-order valence-corrected chi connectivity index (χ2v) is 9.58. The maximum Gasteiger partial charge on any atom is 0.245 e. The fraction of sp³-hybridized carbons (Fsp3) is 0.435. The Hall–Kier alpha value is -3.29. The lowest BCUT2D eigenvalue weighted by molar-refractivity contribution is -0.143. The van der Waals surface area contributed by atoms with Gasteiger partial charge in [-0.15, -0.1) is 0 Å². The summed E-state index contributed by atoms with van der Waals surface area (Å²) >= 11 is 0. The van der Waals surface area contributed by atoms with Crippen LogP contribution >= 0.6 is 0 Å². The van der Waals surface area contributed by atoms with Crippen molar-refractivity contribution >= 4 is 23.5 Å². The number of rotatable bonds is 4. The lowest BCUT2D eigenvalue weighted by atomic mass is 9.85. The second-order valence-electron chi connectivity index (χ2n) is 9.58. The summed E-state index contributed by atoms with van der Waals surface area (Å²) in [5, 5.41) is 7.46. The zero-order valence-electron chi connectivity index (χ0n) is 17.8. The second kappa shape index (κ2) is 6.87. The molecule has 4 atom stereocenters. The summed E-state index contributed by atoms with van der Waals surface area (Å²) in [6.45, 7) is 5.81. The standard InChI is InChI=1S/C23H25N5O3/c1-23(2,3)15-11-17(28(26-15)16-6-4-5-9-24-16)25-18(29)12-27-21(30)19-13-7-8-14(10-13)20(19)22(27)31/h4-9,11,13-14,19-20H,10,12H2,1-3H3,(H,25,29). The summed E-state index contributed by atoms with van der Waals surface area (Å²) in [5.74, 6) is -0.221. The van der Waals surface area contributed by atoms with Gasteiger partial charge in [0.15, 0.2) is 5.82 Å². The van der Waals surface area contributed by atoms with Gasteiger partial charge >= 0.3 is 0 Å². The molecule has 2 aliphatic carbocycles. The highest BCUT2D eigenvalue weighted by Crippen LogP contribution is 2.52. The first-order chi connectivity index (χ1) is 14.7. The molecule has 0 radical (unpaired) electrons. The quantitative estimate of drug-likeness (QED) is 0.606. The predicted molar refractivity (Wildman–Crippen MR) is 113 cm³/mol. The van der Waals surface area contributed by atoms with Crippen LogP contribution in [0.2, 0.25) is 0 Å². The van der Waals surface area contributed by atoms with Crippen LogP contribution in [0.15, 0.2) is 42.6 Å². The van der Waals surface area contributed by atoms with Gasteiger partial charge in [0, 0.05) is 17.7 Å². The summed E-state index contributed by atoms with van der Waals surface area (Å²) in [7, 11) is 0. The molecular formula is C23H25N5O3. The van der Waals surface area contributed by atoms with Gasteiger partial charge in [-0.3, -0.25) is 19.3 Å². The number of fused-ring (bicyclic) bond motifs is 5. The molecular weight excluding hydrogens is 394 g/mol. The summed E-state index contributed by atoms with van der Waals surface area (Å²) in [6.07, 6.45) is 6.60. The molecule has 160 valence electrons. The van der Waals surface area contributed by atoms with Gasteiger partial charge in [0.1, 0.15) is 12.4 Å². The van der Waals surface area contributed by atoms with E-state index in [2.05, 4.69) is 15.4 Å². The third-order valence-electron chi connectivity index (χ3n) is 6.47. The average Bonchev–Trinajstić information content (AvgIpc) is 3.48. The lowest BCUT2D eigenvalue weighted by Gasteiger charge is -2.17. The highest BCUT2D eigenvalue weighted by Gasteiger charge is 2.59. The van der Waals surface area contributed by atoms with E-state index in [-0.39, 0.29) is 47.4 Å². The van der Waals surface area contributed by atoms with Crippen molar-refractivity contribution in [2.24, 2.45) is 23.7 Å². The Morgan fingerprint density at radius 3 is 2.39 bits per heavy atom. The highest BCUT2D eigenvalue weighted by atomic mass is 16.2. The van der Waals surface area contributed by atoms with Crippen LogP contribution in [0.25, 0.3) is 5.82 Å². The van der Waals surface area contributed by atoms with Crippen molar-refractivity contribution in [3.63, 3.8) is 0 Å². The molecule has 3 aliphatic rings. The third kappa shape index (κ3) is 3.17. The van der Waals surface area contributed by atoms with E-state index in [0.717, 1.165) is 17.0 Å². The van der Waals surface area contributed by atoms with Crippen molar-refractivity contribution in [2.45, 2.75) is 32.6 Å². The monoisotopic (exact) mass is 419 g/mol. The minimum Gasteiger partial charge on any atom is -0.309 e. The van der Waals surface area contributed by atoms with Crippen LogP contribution in [-0.4, -0.2) is 43.9 Å². The first-order valence-corrected chi connectivity index (χ1v) is 10.6. The lowest BCUT2D eigenvalue weighted by Crippen LogP contribution is -2.39. The Bertz CT molecular complexity index is 1070. The van der Waals surface area contributed by atoms with Crippen LogP contribution in [0.1, 0.15) is 32.9 Å². The van der Waals surface area contributed by atoms with Crippen LogP contribution in [0.5, 0.6) is 0 Å². The number of nitrogens with one attached hydrogen (secondary N) is 1. The normalized spacial score (nSPS) is 26.6. The van der Waals surface area contributed by atoms with Crippen molar-refractivity contribution in [3.05, 3.63) is 48.3 Å². The van der Waals surface area contributed by atoms with E-state index in [0.29, 0.717) is 11.6 Å². The number of amides is 3. The van der Waals surface area contributed by atoms with Gasteiger partial charge in [-0.2, -0.15) is 9.78 Å². The predicted octanol–water partition coefficient (Wildman–Crippen LogP) is 2.31. The maximum atomic E-state index is 12.9. The number of anilines is 1. The number of imide groups is 1. The highest BCUT2D eigenvalue weighted by molar-refractivity contribution is 6.09. The fourth-order valence-corrected chi connectivity index (χ4v) is 4.94. The van der Waals surface area contributed by atoms with E-state index in [1.54, 1.807) is 29.1 Å². The zero-order chi connectivity index (χ0) is 21.9. The van der Waals surface area contributed by atoms with Gasteiger partial charge in [0.25, 0.3) is 0 Å². The van der Waals surface area contributed by atoms with Crippen molar-refractivity contribution in [1.29, 1.82) is 0 Å². The van der Waals surface area contributed by atoms with Gasteiger partial charge in [0.05, 0.1) is 17.5 Å². The molecule has 1 saturated heterocycles. The summed E-state index contributed by atoms with van der Waals surface area (Å²) in [5.41, 5.74) is 0.559. The minimum atomic E-state index is -0.431. The number of carbonyl (C=O) groups is 3. The molecule has 1 aliphatic heterocycles. The van der Waals surface area contributed by atoms with E-state index >= 15 is 0 Å². The number of hydrogen-bond donors (Lipinski definition) is 1. The van der Waals surface area contributed by atoms with Crippen LogP contribution in [0, 0.1) is 23.7 Å². The Labute approximate surface area is 180 Å². The van der Waals surface area contributed by atoms with Crippen LogP contribution < -0.4 is 5.32 Å².